The third kappa shape index (κ3) is 3.04. The average Bonchev–Trinajstić information content (AvgIpc) is 2.83. The van der Waals surface area contributed by atoms with E-state index in [1.807, 2.05) is 6.07 Å². The molecule has 1 unspecified atom stereocenters. The van der Waals surface area contributed by atoms with Crippen LogP contribution in [0.15, 0.2) is 21.1 Å². The first kappa shape index (κ1) is 13.4. The van der Waals surface area contributed by atoms with Crippen molar-refractivity contribution >= 4 is 31.9 Å². The van der Waals surface area contributed by atoms with Crippen LogP contribution in [0.3, 0.4) is 0 Å². The van der Waals surface area contributed by atoms with Gasteiger partial charge in [-0.25, -0.2) is 0 Å². The first-order valence-corrected chi connectivity index (χ1v) is 7.28. The van der Waals surface area contributed by atoms with E-state index in [-0.39, 0.29) is 0 Å². The van der Waals surface area contributed by atoms with Gasteiger partial charge >= 0.3 is 0 Å². The van der Waals surface area contributed by atoms with E-state index < -0.39 is 0 Å². The Bertz CT molecular complexity index is 432. The topological polar surface area (TPSA) is 21.3 Å². The number of methoxy groups -OCH3 is 1. The number of hydrogen-bond acceptors (Lipinski definition) is 2. The minimum atomic E-state index is 0.455. The summed E-state index contributed by atoms with van der Waals surface area (Å²) in [6.07, 6.45) is 1.25. The Balaban J connectivity index is 2.09. The molecule has 1 aliphatic carbocycles. The maximum absolute atomic E-state index is 5.43. The summed E-state index contributed by atoms with van der Waals surface area (Å²) >= 11 is 7.03. The Morgan fingerprint density at radius 2 is 2.06 bits per heavy atom. The van der Waals surface area contributed by atoms with Crippen molar-refractivity contribution < 1.29 is 4.74 Å². The van der Waals surface area contributed by atoms with Crippen LogP contribution in [-0.2, 0) is 6.54 Å². The monoisotopic (exact) mass is 361 g/mol. The van der Waals surface area contributed by atoms with Crippen molar-refractivity contribution in [3.8, 4) is 5.75 Å². The highest BCUT2D eigenvalue weighted by Gasteiger charge is 2.45. The smallest absolute Gasteiger partial charge is 0.137 e. The van der Waals surface area contributed by atoms with Crippen molar-refractivity contribution in [2.75, 3.05) is 7.11 Å². The van der Waals surface area contributed by atoms with Crippen LogP contribution < -0.4 is 10.1 Å². The summed E-state index contributed by atoms with van der Waals surface area (Å²) in [5.74, 6) is 0.916. The van der Waals surface area contributed by atoms with Gasteiger partial charge in [-0.1, -0.05) is 29.8 Å². The Kier molecular flexibility index (Phi) is 3.86. The van der Waals surface area contributed by atoms with Crippen molar-refractivity contribution in [2.24, 2.45) is 5.41 Å². The first-order chi connectivity index (χ1) is 7.94. The predicted octanol–water partition coefficient (Wildman–Crippen LogP) is 4.11. The molecule has 1 saturated carbocycles. The van der Waals surface area contributed by atoms with Gasteiger partial charge in [0, 0.05) is 22.6 Å². The normalized spacial score (nSPS) is 21.4. The molecule has 0 aromatic heterocycles. The fraction of sp³-hybridized carbons (Fsp3) is 0.538. The van der Waals surface area contributed by atoms with Gasteiger partial charge in [0.2, 0.25) is 0 Å². The van der Waals surface area contributed by atoms with Gasteiger partial charge in [0.25, 0.3) is 0 Å². The highest BCUT2D eigenvalue weighted by molar-refractivity contribution is 9.11. The molecule has 0 bridgehead atoms. The van der Waals surface area contributed by atoms with E-state index >= 15 is 0 Å². The second-order valence-electron chi connectivity index (χ2n) is 5.21. The maximum Gasteiger partial charge on any atom is 0.137 e. The minimum absolute atomic E-state index is 0.455. The number of hydrogen-bond donors (Lipinski definition) is 1. The van der Waals surface area contributed by atoms with Gasteiger partial charge in [-0.05, 0) is 39.9 Å². The van der Waals surface area contributed by atoms with Crippen LogP contribution in [-0.4, -0.2) is 13.2 Å². The van der Waals surface area contributed by atoms with Gasteiger partial charge < -0.3 is 10.1 Å². The van der Waals surface area contributed by atoms with E-state index in [1.54, 1.807) is 7.11 Å². The van der Waals surface area contributed by atoms with E-state index in [2.05, 4.69) is 57.1 Å². The van der Waals surface area contributed by atoms with Crippen LogP contribution in [0.5, 0.6) is 5.75 Å². The molecule has 0 amide bonds. The summed E-state index contributed by atoms with van der Waals surface area (Å²) in [5, 5.41) is 3.57. The molecular formula is C13H17Br2NO. The molecule has 0 saturated heterocycles. The zero-order valence-corrected chi connectivity index (χ0v) is 13.5. The van der Waals surface area contributed by atoms with E-state index in [9.17, 15) is 0 Å². The molecule has 1 fully saturated rings. The predicted molar refractivity (Wildman–Crippen MR) is 77.4 cm³/mol. The molecule has 2 nitrogen and oxygen atoms in total. The molecule has 2 rings (SSSR count). The molecule has 1 aliphatic rings. The summed E-state index contributed by atoms with van der Waals surface area (Å²) in [7, 11) is 1.71. The lowest BCUT2D eigenvalue weighted by atomic mass is 10.1. The maximum atomic E-state index is 5.43. The van der Waals surface area contributed by atoms with Gasteiger partial charge in [-0.2, -0.15) is 0 Å². The van der Waals surface area contributed by atoms with Crippen molar-refractivity contribution in [3.63, 3.8) is 0 Å². The lowest BCUT2D eigenvalue weighted by Gasteiger charge is -2.13. The highest BCUT2D eigenvalue weighted by atomic mass is 79.9. The largest absolute Gasteiger partial charge is 0.495 e. The number of nitrogens with one attached hydrogen (secondary N) is 1. The summed E-state index contributed by atoms with van der Waals surface area (Å²) in [6.45, 7) is 5.42. The Labute approximate surface area is 119 Å². The lowest BCUT2D eigenvalue weighted by molar-refractivity contribution is 0.403. The van der Waals surface area contributed by atoms with Crippen molar-refractivity contribution in [1.29, 1.82) is 0 Å². The molecule has 0 radical (unpaired) electrons. The van der Waals surface area contributed by atoms with Crippen LogP contribution in [0, 0.1) is 5.41 Å². The molecule has 0 aliphatic heterocycles. The van der Waals surface area contributed by atoms with Gasteiger partial charge in [-0.3, -0.25) is 0 Å². The van der Waals surface area contributed by atoms with Gasteiger partial charge in [0.15, 0.2) is 0 Å². The summed E-state index contributed by atoms with van der Waals surface area (Å²) in [6, 6.07) is 4.74. The van der Waals surface area contributed by atoms with E-state index in [0.29, 0.717) is 11.5 Å². The van der Waals surface area contributed by atoms with E-state index in [4.69, 9.17) is 4.74 Å². The van der Waals surface area contributed by atoms with Gasteiger partial charge in [-0.15, -0.1) is 0 Å². The third-order valence-corrected chi connectivity index (χ3v) is 4.39. The molecule has 4 heteroatoms. The van der Waals surface area contributed by atoms with Crippen LogP contribution in [0.2, 0.25) is 0 Å². The number of benzene rings is 1. The Morgan fingerprint density at radius 1 is 1.41 bits per heavy atom. The number of rotatable bonds is 4. The second-order valence-corrected chi connectivity index (χ2v) is 6.98. The third-order valence-electron chi connectivity index (χ3n) is 3.34. The SMILES string of the molecule is COc1c(Br)cc(Br)cc1CNC1CC1(C)C. The van der Waals surface area contributed by atoms with Crippen molar-refractivity contribution in [2.45, 2.75) is 32.9 Å². The van der Waals surface area contributed by atoms with Crippen molar-refractivity contribution in [1.82, 2.24) is 5.32 Å². The lowest BCUT2D eigenvalue weighted by Crippen LogP contribution is -2.20. The zero-order valence-electron chi connectivity index (χ0n) is 10.3. The fourth-order valence-electron chi connectivity index (χ4n) is 2.02. The van der Waals surface area contributed by atoms with Gasteiger partial charge in [0.1, 0.15) is 5.75 Å². The molecule has 1 aromatic rings. The number of ether oxygens (including phenoxy) is 1. The summed E-state index contributed by atoms with van der Waals surface area (Å²) in [4.78, 5) is 0. The molecule has 94 valence electrons. The Morgan fingerprint density at radius 3 is 2.59 bits per heavy atom. The molecule has 17 heavy (non-hydrogen) atoms. The standard InChI is InChI=1S/C13H17Br2NO/c1-13(2)6-11(13)16-7-8-4-9(14)5-10(15)12(8)17-3/h4-5,11,16H,6-7H2,1-3H3. The zero-order chi connectivity index (χ0) is 12.6. The second kappa shape index (κ2) is 4.90. The molecule has 0 spiro atoms. The van der Waals surface area contributed by atoms with E-state index in [0.717, 1.165) is 21.2 Å². The highest BCUT2D eigenvalue weighted by Crippen LogP contribution is 2.45. The minimum Gasteiger partial charge on any atom is -0.495 e. The van der Waals surface area contributed by atoms with Crippen LogP contribution in [0.4, 0.5) is 0 Å². The fourth-order valence-corrected chi connectivity index (χ4v) is 3.50. The van der Waals surface area contributed by atoms with Gasteiger partial charge in [0.05, 0.1) is 11.6 Å². The molecule has 1 aromatic carbocycles. The Hall–Kier alpha value is -0.0600. The summed E-state index contributed by atoms with van der Waals surface area (Å²) in [5.41, 5.74) is 1.63. The number of halogens is 2. The van der Waals surface area contributed by atoms with E-state index in [1.165, 1.54) is 12.0 Å². The van der Waals surface area contributed by atoms with Crippen molar-refractivity contribution in [3.05, 3.63) is 26.6 Å². The molecular weight excluding hydrogens is 346 g/mol. The van der Waals surface area contributed by atoms with Crippen LogP contribution >= 0.6 is 31.9 Å². The molecule has 1 atom stereocenters. The average molecular weight is 363 g/mol. The first-order valence-electron chi connectivity index (χ1n) is 5.69. The quantitative estimate of drug-likeness (QED) is 0.870. The van der Waals surface area contributed by atoms with Crippen LogP contribution in [0.25, 0.3) is 0 Å². The molecule has 1 N–H and O–H groups in total. The summed E-state index contributed by atoms with van der Waals surface area (Å²) < 4.78 is 7.48. The van der Waals surface area contributed by atoms with Crippen LogP contribution in [0.1, 0.15) is 25.8 Å². The molecule has 0 heterocycles.